The Bertz CT molecular complexity index is 654. The van der Waals surface area contributed by atoms with Gasteiger partial charge in [0.1, 0.15) is 0 Å². The lowest BCUT2D eigenvalue weighted by molar-refractivity contribution is 0.0601. The van der Waals surface area contributed by atoms with E-state index in [0.717, 1.165) is 36.6 Å². The molecule has 0 bridgehead atoms. The molecule has 2 aromatic heterocycles. The Morgan fingerprint density at radius 3 is 2.71 bits per heavy atom. The van der Waals surface area contributed by atoms with Crippen molar-refractivity contribution in [1.29, 1.82) is 0 Å². The number of pyridine rings is 1. The maximum Gasteiger partial charge on any atom is 0.255 e. The lowest BCUT2D eigenvalue weighted by atomic mass is 9.92. The van der Waals surface area contributed by atoms with Crippen molar-refractivity contribution < 1.29 is 4.79 Å². The van der Waals surface area contributed by atoms with Gasteiger partial charge in [-0.2, -0.15) is 0 Å². The third-order valence-electron chi connectivity index (χ3n) is 4.44. The Balaban J connectivity index is 1.71. The van der Waals surface area contributed by atoms with Gasteiger partial charge in [-0.15, -0.1) is 0 Å². The third-order valence-corrected chi connectivity index (χ3v) is 4.44. The van der Waals surface area contributed by atoms with E-state index in [1.807, 2.05) is 30.2 Å². The Labute approximate surface area is 125 Å². The highest BCUT2D eigenvalue weighted by atomic mass is 16.2. The topological polar surface area (TPSA) is 38.1 Å². The molecule has 0 saturated carbocycles. The molecule has 0 radical (unpaired) electrons. The molecule has 0 aliphatic carbocycles. The molecule has 1 aliphatic heterocycles. The van der Waals surface area contributed by atoms with E-state index in [-0.39, 0.29) is 5.91 Å². The fourth-order valence-electron chi connectivity index (χ4n) is 3.15. The molecule has 1 amide bonds. The predicted octanol–water partition coefficient (Wildman–Crippen LogP) is 2.76. The van der Waals surface area contributed by atoms with Gasteiger partial charge in [0.15, 0.2) is 0 Å². The summed E-state index contributed by atoms with van der Waals surface area (Å²) < 4.78 is 2.19. The zero-order chi connectivity index (χ0) is 15.0. The third kappa shape index (κ3) is 2.35. The van der Waals surface area contributed by atoms with E-state index >= 15 is 0 Å². The molecule has 4 nitrogen and oxygen atoms in total. The van der Waals surface area contributed by atoms with E-state index in [1.165, 1.54) is 5.56 Å². The van der Waals surface area contributed by atoms with Crippen molar-refractivity contribution in [2.45, 2.75) is 33.2 Å². The molecule has 110 valence electrons. The monoisotopic (exact) mass is 283 g/mol. The minimum absolute atomic E-state index is 0.156. The summed E-state index contributed by atoms with van der Waals surface area (Å²) in [5, 5.41) is 0. The van der Waals surface area contributed by atoms with Crippen LogP contribution < -0.4 is 0 Å². The summed E-state index contributed by atoms with van der Waals surface area (Å²) in [5.74, 6) is 0.584. The van der Waals surface area contributed by atoms with Crippen LogP contribution in [0.25, 0.3) is 0 Å². The zero-order valence-corrected chi connectivity index (χ0v) is 12.8. The number of likely N-dealkylation sites (tertiary alicyclic amines) is 1. The number of nitrogens with zero attached hydrogens (tertiary/aromatic N) is 3. The van der Waals surface area contributed by atoms with Crippen molar-refractivity contribution in [2.24, 2.45) is 0 Å². The highest BCUT2D eigenvalue weighted by molar-refractivity contribution is 5.96. The fraction of sp³-hybridized carbons (Fsp3) is 0.412. The first-order valence-corrected chi connectivity index (χ1v) is 7.47. The van der Waals surface area contributed by atoms with Gasteiger partial charge in [0.25, 0.3) is 5.91 Å². The molecular formula is C17H21N3O. The van der Waals surface area contributed by atoms with Crippen LogP contribution in [0, 0.1) is 13.8 Å². The van der Waals surface area contributed by atoms with E-state index in [0.29, 0.717) is 5.92 Å². The number of aryl methyl sites for hydroxylation is 1. The van der Waals surface area contributed by atoms with Gasteiger partial charge >= 0.3 is 0 Å². The predicted molar refractivity (Wildman–Crippen MR) is 82.5 cm³/mol. The molecule has 4 heteroatoms. The molecule has 21 heavy (non-hydrogen) atoms. The Morgan fingerprint density at radius 2 is 2.14 bits per heavy atom. The van der Waals surface area contributed by atoms with Crippen molar-refractivity contribution >= 4 is 5.91 Å². The SMILES string of the molecule is CCn1c(C)cc(C(=O)N2CC(c3cccnc3)C2)c1C. The highest BCUT2D eigenvalue weighted by Gasteiger charge is 2.33. The summed E-state index contributed by atoms with van der Waals surface area (Å²) >= 11 is 0. The molecule has 0 unspecified atom stereocenters. The van der Waals surface area contributed by atoms with Crippen LogP contribution in [-0.4, -0.2) is 33.4 Å². The second-order valence-corrected chi connectivity index (χ2v) is 5.72. The Hall–Kier alpha value is -2.10. The molecule has 0 atom stereocenters. The van der Waals surface area contributed by atoms with Crippen LogP contribution in [0.15, 0.2) is 30.6 Å². The van der Waals surface area contributed by atoms with Crippen molar-refractivity contribution in [1.82, 2.24) is 14.5 Å². The van der Waals surface area contributed by atoms with Crippen molar-refractivity contribution in [3.8, 4) is 0 Å². The van der Waals surface area contributed by atoms with Gasteiger partial charge in [-0.05, 0) is 38.5 Å². The lowest BCUT2D eigenvalue weighted by Crippen LogP contribution is -2.48. The first kappa shape index (κ1) is 13.9. The summed E-state index contributed by atoms with van der Waals surface area (Å²) in [6.07, 6.45) is 3.68. The number of hydrogen-bond acceptors (Lipinski definition) is 2. The molecule has 3 rings (SSSR count). The van der Waals surface area contributed by atoms with E-state index in [1.54, 1.807) is 6.20 Å². The second kappa shape index (κ2) is 5.35. The summed E-state index contributed by atoms with van der Waals surface area (Å²) in [4.78, 5) is 18.7. The summed E-state index contributed by atoms with van der Waals surface area (Å²) in [6.45, 7) is 8.68. The van der Waals surface area contributed by atoms with Gasteiger partial charge in [0.2, 0.25) is 0 Å². The van der Waals surface area contributed by atoms with Gasteiger partial charge in [-0.1, -0.05) is 6.07 Å². The van der Waals surface area contributed by atoms with E-state index in [9.17, 15) is 4.79 Å². The largest absolute Gasteiger partial charge is 0.349 e. The fourth-order valence-corrected chi connectivity index (χ4v) is 3.15. The van der Waals surface area contributed by atoms with Crippen molar-refractivity contribution in [3.63, 3.8) is 0 Å². The van der Waals surface area contributed by atoms with Gasteiger partial charge in [-0.3, -0.25) is 9.78 Å². The van der Waals surface area contributed by atoms with Crippen LogP contribution in [0.5, 0.6) is 0 Å². The maximum atomic E-state index is 12.6. The van der Waals surface area contributed by atoms with Crippen molar-refractivity contribution in [2.75, 3.05) is 13.1 Å². The lowest BCUT2D eigenvalue weighted by Gasteiger charge is -2.39. The molecular weight excluding hydrogens is 262 g/mol. The minimum atomic E-state index is 0.156. The van der Waals surface area contributed by atoms with Crippen LogP contribution >= 0.6 is 0 Å². The first-order chi connectivity index (χ1) is 10.1. The minimum Gasteiger partial charge on any atom is -0.349 e. The molecule has 0 aromatic carbocycles. The number of carbonyl (C=O) groups excluding carboxylic acids is 1. The highest BCUT2D eigenvalue weighted by Crippen LogP contribution is 2.29. The van der Waals surface area contributed by atoms with E-state index in [4.69, 9.17) is 0 Å². The Morgan fingerprint density at radius 1 is 1.38 bits per heavy atom. The average molecular weight is 283 g/mol. The van der Waals surface area contributed by atoms with Gasteiger partial charge in [0.05, 0.1) is 5.56 Å². The maximum absolute atomic E-state index is 12.6. The molecule has 3 heterocycles. The number of aromatic nitrogens is 2. The summed E-state index contributed by atoms with van der Waals surface area (Å²) in [7, 11) is 0. The van der Waals surface area contributed by atoms with Gasteiger partial charge in [-0.25, -0.2) is 0 Å². The van der Waals surface area contributed by atoms with Crippen LogP contribution in [0.1, 0.15) is 40.2 Å². The molecule has 2 aromatic rings. The standard InChI is InChI=1S/C17H21N3O/c1-4-20-12(2)8-16(13(20)3)17(21)19-10-15(11-19)14-6-5-7-18-9-14/h5-9,15H,4,10-11H2,1-3H3. The van der Waals surface area contributed by atoms with Gasteiger partial charge in [0, 0.05) is 49.3 Å². The average Bonchev–Trinajstić information content (AvgIpc) is 2.73. The molecule has 1 saturated heterocycles. The number of amides is 1. The number of hydrogen-bond donors (Lipinski definition) is 0. The van der Waals surface area contributed by atoms with Crippen LogP contribution in [0.4, 0.5) is 0 Å². The van der Waals surface area contributed by atoms with Crippen LogP contribution in [0.3, 0.4) is 0 Å². The molecule has 0 N–H and O–H groups in total. The molecule has 1 fully saturated rings. The van der Waals surface area contributed by atoms with Crippen molar-refractivity contribution in [3.05, 3.63) is 53.1 Å². The summed E-state index contributed by atoms with van der Waals surface area (Å²) in [5.41, 5.74) is 4.30. The van der Waals surface area contributed by atoms with Gasteiger partial charge < -0.3 is 9.47 Å². The van der Waals surface area contributed by atoms with Crippen LogP contribution in [0.2, 0.25) is 0 Å². The smallest absolute Gasteiger partial charge is 0.255 e. The zero-order valence-electron chi connectivity index (χ0n) is 12.8. The normalized spacial score (nSPS) is 15.1. The number of carbonyl (C=O) groups is 1. The molecule has 0 spiro atoms. The van der Waals surface area contributed by atoms with E-state index in [2.05, 4.69) is 29.5 Å². The second-order valence-electron chi connectivity index (χ2n) is 5.72. The Kier molecular flexibility index (Phi) is 3.53. The quantitative estimate of drug-likeness (QED) is 0.868. The number of rotatable bonds is 3. The van der Waals surface area contributed by atoms with E-state index < -0.39 is 0 Å². The first-order valence-electron chi connectivity index (χ1n) is 7.47. The molecule has 1 aliphatic rings. The summed E-state index contributed by atoms with van der Waals surface area (Å²) in [6, 6.07) is 6.05. The van der Waals surface area contributed by atoms with Crippen LogP contribution in [-0.2, 0) is 6.54 Å².